The van der Waals surface area contributed by atoms with Crippen molar-refractivity contribution in [2.75, 3.05) is 23.3 Å². The number of hydrogen-bond donors (Lipinski definition) is 1. The summed E-state index contributed by atoms with van der Waals surface area (Å²) in [5.74, 6) is 0.228. The lowest BCUT2D eigenvalue weighted by Crippen LogP contribution is -2.38. The number of benzene rings is 1. The number of halogens is 1. The molecule has 0 saturated heterocycles. The molecule has 0 spiro atoms. The highest BCUT2D eigenvalue weighted by molar-refractivity contribution is 5.97. The van der Waals surface area contributed by atoms with Gasteiger partial charge in [-0.2, -0.15) is 0 Å². The quantitative estimate of drug-likeness (QED) is 0.862. The molecule has 1 aliphatic heterocycles. The zero-order chi connectivity index (χ0) is 10.7. The topological polar surface area (TPSA) is 32.3 Å². The second kappa shape index (κ2) is 5.75. The van der Waals surface area contributed by atoms with Crippen molar-refractivity contribution in [3.8, 4) is 0 Å². The van der Waals surface area contributed by atoms with Gasteiger partial charge in [-0.15, -0.1) is 12.4 Å². The maximum Gasteiger partial charge on any atom is 0.227 e. The number of rotatable bonds is 2. The second-order valence-electron chi connectivity index (χ2n) is 3.74. The minimum absolute atomic E-state index is 0. The minimum atomic E-state index is 0. The molecule has 0 aromatic heterocycles. The van der Waals surface area contributed by atoms with Crippen LogP contribution < -0.4 is 10.2 Å². The molecule has 4 heteroatoms. The van der Waals surface area contributed by atoms with E-state index in [1.54, 1.807) is 0 Å². The number of amides is 1. The van der Waals surface area contributed by atoms with Gasteiger partial charge < -0.3 is 10.2 Å². The highest BCUT2D eigenvalue weighted by Crippen LogP contribution is 2.28. The van der Waals surface area contributed by atoms with Gasteiger partial charge in [0, 0.05) is 19.5 Å². The molecular weight excluding hydrogens is 224 g/mol. The van der Waals surface area contributed by atoms with Gasteiger partial charge in [0.25, 0.3) is 0 Å². The summed E-state index contributed by atoms with van der Waals surface area (Å²) < 4.78 is 0. The van der Waals surface area contributed by atoms with E-state index in [1.807, 2.05) is 36.1 Å². The van der Waals surface area contributed by atoms with Crippen LogP contribution in [0, 0.1) is 0 Å². The Morgan fingerprint density at radius 1 is 1.44 bits per heavy atom. The summed E-state index contributed by atoms with van der Waals surface area (Å²) in [6.45, 7) is 3.65. The standard InChI is InChI=1S/C12H16N2O.ClH/c1-2-5-12(15)14-9-8-13-10-6-3-4-7-11(10)14;/h3-4,6-7,13H,2,5,8-9H2,1H3;1H. The third-order valence-corrected chi connectivity index (χ3v) is 2.61. The van der Waals surface area contributed by atoms with Crippen LogP contribution in [0.15, 0.2) is 24.3 Å². The minimum Gasteiger partial charge on any atom is -0.382 e. The molecule has 0 aliphatic carbocycles. The number of fused-ring (bicyclic) bond motifs is 1. The van der Waals surface area contributed by atoms with E-state index in [1.165, 1.54) is 0 Å². The van der Waals surface area contributed by atoms with Crippen molar-refractivity contribution in [2.24, 2.45) is 0 Å². The summed E-state index contributed by atoms with van der Waals surface area (Å²) >= 11 is 0. The summed E-state index contributed by atoms with van der Waals surface area (Å²) in [6, 6.07) is 7.97. The number of para-hydroxylation sites is 2. The molecule has 0 bridgehead atoms. The fraction of sp³-hybridized carbons (Fsp3) is 0.417. The monoisotopic (exact) mass is 240 g/mol. The number of nitrogens with zero attached hydrogens (tertiary/aromatic N) is 1. The van der Waals surface area contributed by atoms with Crippen molar-refractivity contribution in [3.63, 3.8) is 0 Å². The smallest absolute Gasteiger partial charge is 0.227 e. The summed E-state index contributed by atoms with van der Waals surface area (Å²) in [5, 5.41) is 3.30. The van der Waals surface area contributed by atoms with Crippen LogP contribution in [0.2, 0.25) is 0 Å². The molecule has 1 heterocycles. The molecule has 0 radical (unpaired) electrons. The second-order valence-corrected chi connectivity index (χ2v) is 3.74. The normalized spacial score (nSPS) is 13.4. The van der Waals surface area contributed by atoms with Crippen LogP contribution in [0.1, 0.15) is 19.8 Å². The van der Waals surface area contributed by atoms with Gasteiger partial charge in [0.05, 0.1) is 11.4 Å². The largest absolute Gasteiger partial charge is 0.382 e. The predicted molar refractivity (Wildman–Crippen MR) is 69.4 cm³/mol. The Morgan fingerprint density at radius 2 is 2.19 bits per heavy atom. The van der Waals surface area contributed by atoms with Crippen molar-refractivity contribution in [1.29, 1.82) is 0 Å². The van der Waals surface area contributed by atoms with Crippen LogP contribution in [-0.4, -0.2) is 19.0 Å². The van der Waals surface area contributed by atoms with Crippen LogP contribution in [0.3, 0.4) is 0 Å². The molecule has 3 nitrogen and oxygen atoms in total. The molecule has 16 heavy (non-hydrogen) atoms. The number of anilines is 2. The van der Waals surface area contributed by atoms with E-state index in [-0.39, 0.29) is 18.3 Å². The maximum absolute atomic E-state index is 11.9. The average Bonchev–Trinajstić information content (AvgIpc) is 2.28. The first-order valence-electron chi connectivity index (χ1n) is 5.46. The van der Waals surface area contributed by atoms with Gasteiger partial charge in [-0.3, -0.25) is 4.79 Å². The Bertz CT molecular complexity index is 368. The average molecular weight is 241 g/mol. The van der Waals surface area contributed by atoms with Gasteiger partial charge >= 0.3 is 0 Å². The Labute approximate surface area is 102 Å². The van der Waals surface area contributed by atoms with Crippen LogP contribution in [0.4, 0.5) is 11.4 Å². The lowest BCUT2D eigenvalue weighted by molar-refractivity contribution is -0.118. The van der Waals surface area contributed by atoms with Gasteiger partial charge in [0.15, 0.2) is 0 Å². The highest BCUT2D eigenvalue weighted by Gasteiger charge is 2.20. The number of hydrogen-bond acceptors (Lipinski definition) is 2. The Balaban J connectivity index is 0.00000128. The van der Waals surface area contributed by atoms with Crippen molar-refractivity contribution >= 4 is 29.7 Å². The van der Waals surface area contributed by atoms with E-state index in [2.05, 4.69) is 5.32 Å². The summed E-state index contributed by atoms with van der Waals surface area (Å²) in [6.07, 6.45) is 1.54. The first-order chi connectivity index (χ1) is 7.33. The SMILES string of the molecule is CCCC(=O)N1CCNc2ccccc21.Cl. The first-order valence-corrected chi connectivity index (χ1v) is 5.46. The van der Waals surface area contributed by atoms with Crippen molar-refractivity contribution < 1.29 is 4.79 Å². The molecular formula is C12H17ClN2O. The van der Waals surface area contributed by atoms with E-state index >= 15 is 0 Å². The van der Waals surface area contributed by atoms with Gasteiger partial charge in [-0.25, -0.2) is 0 Å². The van der Waals surface area contributed by atoms with E-state index in [4.69, 9.17) is 0 Å². The molecule has 0 fully saturated rings. The molecule has 0 saturated carbocycles. The van der Waals surface area contributed by atoms with E-state index < -0.39 is 0 Å². The Hall–Kier alpha value is -1.22. The van der Waals surface area contributed by atoms with Crippen LogP contribution >= 0.6 is 12.4 Å². The number of carbonyl (C=O) groups is 1. The molecule has 0 atom stereocenters. The van der Waals surface area contributed by atoms with Crippen LogP contribution in [0.5, 0.6) is 0 Å². The van der Waals surface area contributed by atoms with Crippen molar-refractivity contribution in [1.82, 2.24) is 0 Å². The third-order valence-electron chi connectivity index (χ3n) is 2.61. The molecule has 1 amide bonds. The van der Waals surface area contributed by atoms with Gasteiger partial charge in [0.1, 0.15) is 0 Å². The van der Waals surface area contributed by atoms with E-state index in [0.29, 0.717) is 6.42 Å². The molecule has 1 aliphatic rings. The zero-order valence-corrected chi connectivity index (χ0v) is 10.2. The lowest BCUT2D eigenvalue weighted by Gasteiger charge is -2.30. The van der Waals surface area contributed by atoms with Crippen LogP contribution in [0.25, 0.3) is 0 Å². The molecule has 1 aromatic rings. The van der Waals surface area contributed by atoms with Gasteiger partial charge in [-0.1, -0.05) is 19.1 Å². The van der Waals surface area contributed by atoms with E-state index in [0.717, 1.165) is 30.9 Å². The van der Waals surface area contributed by atoms with Crippen molar-refractivity contribution in [3.05, 3.63) is 24.3 Å². The highest BCUT2D eigenvalue weighted by atomic mass is 35.5. The first kappa shape index (κ1) is 12.8. The molecule has 88 valence electrons. The summed E-state index contributed by atoms with van der Waals surface area (Å²) in [5.41, 5.74) is 2.08. The summed E-state index contributed by atoms with van der Waals surface area (Å²) in [7, 11) is 0. The lowest BCUT2D eigenvalue weighted by atomic mass is 10.2. The molecule has 0 unspecified atom stereocenters. The molecule has 1 aromatic carbocycles. The Kier molecular flexibility index (Phi) is 4.62. The third kappa shape index (κ3) is 2.47. The fourth-order valence-corrected chi connectivity index (χ4v) is 1.89. The predicted octanol–water partition coefficient (Wildman–Crippen LogP) is 2.67. The maximum atomic E-state index is 11.9. The van der Waals surface area contributed by atoms with Gasteiger partial charge in [-0.05, 0) is 18.6 Å². The number of nitrogens with one attached hydrogen (secondary N) is 1. The van der Waals surface area contributed by atoms with E-state index in [9.17, 15) is 4.79 Å². The van der Waals surface area contributed by atoms with Crippen molar-refractivity contribution in [2.45, 2.75) is 19.8 Å². The van der Waals surface area contributed by atoms with Gasteiger partial charge in [0.2, 0.25) is 5.91 Å². The fourth-order valence-electron chi connectivity index (χ4n) is 1.89. The van der Waals surface area contributed by atoms with Crippen LogP contribution in [-0.2, 0) is 4.79 Å². The number of carbonyl (C=O) groups excluding carboxylic acids is 1. The zero-order valence-electron chi connectivity index (χ0n) is 9.40. The molecule has 1 N–H and O–H groups in total. The summed E-state index contributed by atoms with van der Waals surface area (Å²) in [4.78, 5) is 13.7. The molecule has 2 rings (SSSR count). The Morgan fingerprint density at radius 3 is 2.94 bits per heavy atom.